The molecule has 0 aromatic rings. The van der Waals surface area contributed by atoms with Gasteiger partial charge < -0.3 is 11.5 Å². The molecule has 0 radical (unpaired) electrons. The average Bonchev–Trinajstić information content (AvgIpc) is 1.25. The van der Waals surface area contributed by atoms with E-state index in [4.69, 9.17) is 11.5 Å². The first-order chi connectivity index (χ1) is 3.46. The molecule has 0 aliphatic rings. The van der Waals surface area contributed by atoms with Crippen LogP contribution in [0.25, 0.3) is 11.5 Å². The Morgan fingerprint density at radius 1 is 0.778 bits per heavy atom. The number of rotatable bonds is 0. The molecule has 0 heterocycles. The third-order valence-corrected chi connectivity index (χ3v) is 0. The zero-order valence-corrected chi connectivity index (χ0v) is 9.07. The van der Waals surface area contributed by atoms with E-state index in [0.29, 0.717) is 0 Å². The van der Waals surface area contributed by atoms with Crippen LogP contribution < -0.4 is 0 Å². The van der Waals surface area contributed by atoms with Gasteiger partial charge in [-0.1, -0.05) is 27.7 Å². The van der Waals surface area contributed by atoms with Crippen LogP contribution >= 0.6 is 0 Å². The van der Waals surface area contributed by atoms with Crippen molar-refractivity contribution >= 4 is 37.7 Å². The monoisotopic (exact) mass is 156 g/mol. The SMILES string of the molecule is CC(C)[NH-].CC(C)[NH-].[Ca+2]. The average molecular weight is 156 g/mol. The molecule has 0 atom stereocenters. The summed E-state index contributed by atoms with van der Waals surface area (Å²) in [4.78, 5) is 0. The molecular formula is C6H16CaN2. The molecule has 0 bridgehead atoms. The summed E-state index contributed by atoms with van der Waals surface area (Å²) in [5.74, 6) is 0. The van der Waals surface area contributed by atoms with E-state index in [1.54, 1.807) is 0 Å². The van der Waals surface area contributed by atoms with Crippen LogP contribution in [0.1, 0.15) is 27.7 Å². The maximum atomic E-state index is 6.58. The molecule has 2 nitrogen and oxygen atoms in total. The molecule has 0 aromatic heterocycles. The third-order valence-electron chi connectivity index (χ3n) is 0. The maximum absolute atomic E-state index is 6.58. The summed E-state index contributed by atoms with van der Waals surface area (Å²) in [7, 11) is 0. The van der Waals surface area contributed by atoms with Gasteiger partial charge in [0.25, 0.3) is 0 Å². The van der Waals surface area contributed by atoms with E-state index >= 15 is 0 Å². The van der Waals surface area contributed by atoms with Gasteiger partial charge in [0, 0.05) is 0 Å². The van der Waals surface area contributed by atoms with Gasteiger partial charge in [-0.2, -0.15) is 0 Å². The van der Waals surface area contributed by atoms with Gasteiger partial charge in [-0.25, -0.2) is 0 Å². The normalized spacial score (nSPS) is 8.00. The van der Waals surface area contributed by atoms with Crippen molar-refractivity contribution in [1.29, 1.82) is 0 Å². The molecule has 0 amide bonds. The Morgan fingerprint density at radius 2 is 0.778 bits per heavy atom. The van der Waals surface area contributed by atoms with E-state index in [1.165, 1.54) is 0 Å². The molecule has 0 aliphatic heterocycles. The Kier molecular flexibility index (Phi) is 22.0. The number of nitrogens with one attached hydrogen (secondary N) is 2. The van der Waals surface area contributed by atoms with Crippen molar-refractivity contribution < 1.29 is 0 Å². The summed E-state index contributed by atoms with van der Waals surface area (Å²) in [6.07, 6.45) is 0. The Balaban J connectivity index is -0.0000000720. The molecule has 0 saturated carbocycles. The van der Waals surface area contributed by atoms with Crippen molar-refractivity contribution in [2.75, 3.05) is 0 Å². The summed E-state index contributed by atoms with van der Waals surface area (Å²) in [5, 5.41) is 0. The summed E-state index contributed by atoms with van der Waals surface area (Å²) in [5.41, 5.74) is 13.2. The predicted molar refractivity (Wildman–Crippen MR) is 44.7 cm³/mol. The first kappa shape index (κ1) is 16.6. The summed E-state index contributed by atoms with van der Waals surface area (Å²) < 4.78 is 0. The smallest absolute Gasteiger partial charge is 0.675 e. The maximum Gasteiger partial charge on any atom is 2.00 e. The van der Waals surface area contributed by atoms with E-state index in [-0.39, 0.29) is 49.8 Å². The molecule has 0 rings (SSSR count). The minimum absolute atomic E-state index is 0. The van der Waals surface area contributed by atoms with Crippen molar-refractivity contribution in [1.82, 2.24) is 0 Å². The van der Waals surface area contributed by atoms with Crippen LogP contribution in [0.15, 0.2) is 0 Å². The fourth-order valence-corrected chi connectivity index (χ4v) is 0. The van der Waals surface area contributed by atoms with Gasteiger partial charge in [0.2, 0.25) is 0 Å². The van der Waals surface area contributed by atoms with Gasteiger partial charge in [-0.05, 0) is 0 Å². The second-order valence-corrected chi connectivity index (χ2v) is 2.31. The van der Waals surface area contributed by atoms with E-state index < -0.39 is 0 Å². The topological polar surface area (TPSA) is 47.6 Å². The molecule has 0 saturated heterocycles. The van der Waals surface area contributed by atoms with Crippen molar-refractivity contribution in [2.24, 2.45) is 0 Å². The van der Waals surface area contributed by atoms with E-state index in [9.17, 15) is 0 Å². The fraction of sp³-hybridized carbons (Fsp3) is 1.00. The van der Waals surface area contributed by atoms with Gasteiger partial charge >= 0.3 is 37.7 Å². The second-order valence-electron chi connectivity index (χ2n) is 2.31. The van der Waals surface area contributed by atoms with Crippen LogP contribution in [-0.4, -0.2) is 49.8 Å². The van der Waals surface area contributed by atoms with Crippen LogP contribution in [0.4, 0.5) is 0 Å². The van der Waals surface area contributed by atoms with Gasteiger partial charge in [-0.3, -0.25) is 0 Å². The molecule has 0 spiro atoms. The largest absolute Gasteiger partial charge is 2.00 e. The molecule has 2 N–H and O–H groups in total. The fourth-order valence-electron chi connectivity index (χ4n) is 0. The summed E-state index contributed by atoms with van der Waals surface area (Å²) in [6, 6.07) is 0.167. The third kappa shape index (κ3) is 340. The van der Waals surface area contributed by atoms with E-state index in [0.717, 1.165) is 0 Å². The van der Waals surface area contributed by atoms with Gasteiger partial charge in [-0.15, -0.1) is 12.1 Å². The van der Waals surface area contributed by atoms with Crippen LogP contribution in [0, 0.1) is 0 Å². The number of hydrogen-bond acceptors (Lipinski definition) is 0. The van der Waals surface area contributed by atoms with Crippen LogP contribution in [-0.2, 0) is 0 Å². The predicted octanol–water partition coefficient (Wildman–Crippen LogP) is 2.51. The van der Waals surface area contributed by atoms with Gasteiger partial charge in [0.1, 0.15) is 0 Å². The van der Waals surface area contributed by atoms with Crippen molar-refractivity contribution in [3.63, 3.8) is 0 Å². The van der Waals surface area contributed by atoms with Crippen LogP contribution in [0.2, 0.25) is 0 Å². The zero-order valence-electron chi connectivity index (χ0n) is 6.86. The molecule has 0 unspecified atom stereocenters. The standard InChI is InChI=1S/2C3H8N.Ca/c2*1-3(2)4;/h2*3-4H,1-2H3;/q2*-1;+2. The molecule has 0 fully saturated rings. The van der Waals surface area contributed by atoms with Crippen molar-refractivity contribution in [3.05, 3.63) is 11.5 Å². The zero-order chi connectivity index (χ0) is 7.15. The number of hydrogen-bond donors (Lipinski definition) is 0. The molecule has 52 valence electrons. The van der Waals surface area contributed by atoms with Crippen LogP contribution in [0.3, 0.4) is 0 Å². The first-order valence-corrected chi connectivity index (χ1v) is 2.89. The molecule has 0 aromatic carbocycles. The van der Waals surface area contributed by atoms with Gasteiger partial charge in [0.05, 0.1) is 0 Å². The molecule has 3 heteroatoms. The quantitative estimate of drug-likeness (QED) is 0.484. The molecule has 0 aliphatic carbocycles. The Hall–Kier alpha value is 1.18. The molecular weight excluding hydrogens is 140 g/mol. The van der Waals surface area contributed by atoms with Gasteiger partial charge in [0.15, 0.2) is 0 Å². The van der Waals surface area contributed by atoms with Crippen molar-refractivity contribution in [2.45, 2.75) is 39.8 Å². The Labute approximate surface area is 88.4 Å². The minimum atomic E-state index is 0. The molecule has 9 heavy (non-hydrogen) atoms. The van der Waals surface area contributed by atoms with Crippen molar-refractivity contribution in [3.8, 4) is 0 Å². The second kappa shape index (κ2) is 11.9. The summed E-state index contributed by atoms with van der Waals surface area (Å²) in [6.45, 7) is 7.33. The van der Waals surface area contributed by atoms with Crippen LogP contribution in [0.5, 0.6) is 0 Å². The minimum Gasteiger partial charge on any atom is -0.675 e. The summed E-state index contributed by atoms with van der Waals surface area (Å²) >= 11 is 0. The first-order valence-electron chi connectivity index (χ1n) is 2.89. The Morgan fingerprint density at radius 3 is 0.778 bits per heavy atom. The van der Waals surface area contributed by atoms with E-state index in [1.807, 2.05) is 27.7 Å². The van der Waals surface area contributed by atoms with E-state index in [2.05, 4.69) is 0 Å². The Bertz CT molecular complexity index is 26.5.